The first kappa shape index (κ1) is 14.8. The molecule has 3 rings (SSSR count). The van der Waals surface area contributed by atoms with Crippen LogP contribution in [0.25, 0.3) is 0 Å². The molecule has 0 amide bonds. The Kier molecular flexibility index (Phi) is 4.19. The molecule has 2 heterocycles. The minimum absolute atomic E-state index is 0.242. The average molecular weight is 355 g/mol. The molecule has 0 radical (unpaired) electrons. The summed E-state index contributed by atoms with van der Waals surface area (Å²) >= 11 is 3.48. The van der Waals surface area contributed by atoms with Crippen molar-refractivity contribution in [1.82, 2.24) is 4.90 Å². The molecule has 2 unspecified atom stereocenters. The number of nitrogens with two attached hydrogens (primary N) is 1. The SMILES string of the molecule is CN1CC(CN)CC1c1cc(Br)c(C=O)c2c1OCCO2. The van der Waals surface area contributed by atoms with Crippen molar-refractivity contribution in [3.8, 4) is 11.5 Å². The van der Waals surface area contributed by atoms with Crippen LogP contribution in [0.15, 0.2) is 10.5 Å². The number of hydrogen-bond donors (Lipinski definition) is 1. The second kappa shape index (κ2) is 5.94. The van der Waals surface area contributed by atoms with Gasteiger partial charge in [-0.15, -0.1) is 0 Å². The van der Waals surface area contributed by atoms with Gasteiger partial charge in [-0.05, 0) is 47.9 Å². The molecule has 0 aromatic heterocycles. The molecule has 5 nitrogen and oxygen atoms in total. The normalized spacial score (nSPS) is 25.1. The molecule has 0 spiro atoms. The van der Waals surface area contributed by atoms with Crippen molar-refractivity contribution in [2.24, 2.45) is 11.7 Å². The highest BCUT2D eigenvalue weighted by atomic mass is 79.9. The molecule has 2 atom stereocenters. The highest BCUT2D eigenvalue weighted by Gasteiger charge is 2.34. The van der Waals surface area contributed by atoms with Crippen LogP contribution in [0.5, 0.6) is 11.5 Å². The van der Waals surface area contributed by atoms with Gasteiger partial charge in [0.05, 0.1) is 5.56 Å². The lowest BCUT2D eigenvalue weighted by Gasteiger charge is -2.28. The summed E-state index contributed by atoms with van der Waals surface area (Å²) in [6.45, 7) is 2.64. The van der Waals surface area contributed by atoms with E-state index in [2.05, 4.69) is 27.9 Å². The van der Waals surface area contributed by atoms with Gasteiger partial charge in [0.1, 0.15) is 13.2 Å². The van der Waals surface area contributed by atoms with Crippen molar-refractivity contribution in [2.45, 2.75) is 12.5 Å². The minimum Gasteiger partial charge on any atom is -0.486 e. The number of carbonyl (C=O) groups excluding carboxylic acids is 1. The van der Waals surface area contributed by atoms with Crippen LogP contribution in [0.2, 0.25) is 0 Å². The largest absolute Gasteiger partial charge is 0.486 e. The molecule has 0 aliphatic carbocycles. The first-order chi connectivity index (χ1) is 10.2. The number of halogens is 1. The van der Waals surface area contributed by atoms with Gasteiger partial charge < -0.3 is 15.2 Å². The number of rotatable bonds is 3. The smallest absolute Gasteiger partial charge is 0.173 e. The topological polar surface area (TPSA) is 64.8 Å². The molecule has 2 aliphatic rings. The quantitative estimate of drug-likeness (QED) is 0.840. The van der Waals surface area contributed by atoms with Crippen molar-refractivity contribution in [1.29, 1.82) is 0 Å². The van der Waals surface area contributed by atoms with Crippen molar-refractivity contribution in [3.05, 3.63) is 21.7 Å². The van der Waals surface area contributed by atoms with E-state index in [4.69, 9.17) is 15.2 Å². The van der Waals surface area contributed by atoms with Gasteiger partial charge in [-0.25, -0.2) is 0 Å². The van der Waals surface area contributed by atoms with Crippen LogP contribution in [-0.2, 0) is 0 Å². The van der Waals surface area contributed by atoms with E-state index in [1.165, 1.54) is 0 Å². The Hall–Kier alpha value is -1.11. The fourth-order valence-electron chi connectivity index (χ4n) is 3.22. The third-order valence-electron chi connectivity index (χ3n) is 4.27. The molecule has 6 heteroatoms. The number of ether oxygens (including phenoxy) is 2. The van der Waals surface area contributed by atoms with E-state index in [9.17, 15) is 4.79 Å². The molecule has 2 aliphatic heterocycles. The van der Waals surface area contributed by atoms with Crippen molar-refractivity contribution in [2.75, 3.05) is 33.4 Å². The van der Waals surface area contributed by atoms with E-state index in [1.807, 2.05) is 6.07 Å². The number of fused-ring (bicyclic) bond motifs is 1. The summed E-state index contributed by atoms with van der Waals surface area (Å²) in [5.41, 5.74) is 7.40. The van der Waals surface area contributed by atoms with E-state index >= 15 is 0 Å². The summed E-state index contributed by atoms with van der Waals surface area (Å²) in [6, 6.07) is 2.23. The molecule has 1 fully saturated rings. The molecular weight excluding hydrogens is 336 g/mol. The number of nitrogens with zero attached hydrogens (tertiary/aromatic N) is 1. The first-order valence-electron chi connectivity index (χ1n) is 7.13. The van der Waals surface area contributed by atoms with Crippen LogP contribution in [-0.4, -0.2) is 44.5 Å². The zero-order valence-corrected chi connectivity index (χ0v) is 13.6. The predicted octanol–water partition coefficient (Wildman–Crippen LogP) is 1.98. The van der Waals surface area contributed by atoms with Gasteiger partial charge in [0, 0.05) is 22.6 Å². The monoisotopic (exact) mass is 354 g/mol. The molecular formula is C15H19BrN2O3. The average Bonchev–Trinajstić information content (AvgIpc) is 2.87. The predicted molar refractivity (Wildman–Crippen MR) is 83.1 cm³/mol. The zero-order chi connectivity index (χ0) is 15.0. The summed E-state index contributed by atoms with van der Waals surface area (Å²) in [6.07, 6.45) is 1.80. The zero-order valence-electron chi connectivity index (χ0n) is 12.0. The molecule has 1 aromatic rings. The highest BCUT2D eigenvalue weighted by molar-refractivity contribution is 9.10. The summed E-state index contributed by atoms with van der Waals surface area (Å²) < 4.78 is 12.3. The van der Waals surface area contributed by atoms with E-state index in [1.54, 1.807) is 0 Å². The van der Waals surface area contributed by atoms with E-state index in [-0.39, 0.29) is 6.04 Å². The summed E-state index contributed by atoms with van der Waals surface area (Å²) in [5, 5.41) is 0. The number of hydrogen-bond acceptors (Lipinski definition) is 5. The van der Waals surface area contributed by atoms with E-state index in [0.717, 1.165) is 29.3 Å². The number of likely N-dealkylation sites (tertiary alicyclic amines) is 1. The Labute approximate surface area is 132 Å². The van der Waals surface area contributed by atoms with Crippen molar-refractivity contribution < 1.29 is 14.3 Å². The minimum atomic E-state index is 0.242. The van der Waals surface area contributed by atoms with Gasteiger partial charge in [-0.3, -0.25) is 9.69 Å². The Balaban J connectivity index is 2.07. The van der Waals surface area contributed by atoms with Gasteiger partial charge >= 0.3 is 0 Å². The van der Waals surface area contributed by atoms with Gasteiger partial charge in [0.25, 0.3) is 0 Å². The maximum atomic E-state index is 11.3. The van der Waals surface area contributed by atoms with Crippen molar-refractivity contribution >= 4 is 22.2 Å². The van der Waals surface area contributed by atoms with Gasteiger partial charge in [-0.2, -0.15) is 0 Å². The van der Waals surface area contributed by atoms with Crippen LogP contribution in [0.4, 0.5) is 0 Å². The lowest BCUT2D eigenvalue weighted by Crippen LogP contribution is -2.23. The summed E-state index contributed by atoms with van der Waals surface area (Å²) in [4.78, 5) is 13.6. The summed E-state index contributed by atoms with van der Waals surface area (Å²) in [7, 11) is 2.10. The number of benzene rings is 1. The lowest BCUT2D eigenvalue weighted by molar-refractivity contribution is 0.111. The molecule has 114 valence electrons. The second-order valence-corrected chi connectivity index (χ2v) is 6.48. The molecule has 1 saturated heterocycles. The third kappa shape index (κ3) is 2.56. The van der Waals surface area contributed by atoms with E-state index in [0.29, 0.717) is 42.7 Å². The first-order valence-corrected chi connectivity index (χ1v) is 7.92. The molecule has 2 N–H and O–H groups in total. The Morgan fingerprint density at radius 1 is 1.43 bits per heavy atom. The van der Waals surface area contributed by atoms with Gasteiger partial charge in [0.15, 0.2) is 17.8 Å². The van der Waals surface area contributed by atoms with Gasteiger partial charge in [0.2, 0.25) is 0 Å². The highest BCUT2D eigenvalue weighted by Crippen LogP contribution is 2.47. The fourth-order valence-corrected chi connectivity index (χ4v) is 3.74. The molecule has 21 heavy (non-hydrogen) atoms. The number of carbonyl (C=O) groups is 1. The fraction of sp³-hybridized carbons (Fsp3) is 0.533. The van der Waals surface area contributed by atoms with Crippen LogP contribution in [0.3, 0.4) is 0 Å². The van der Waals surface area contributed by atoms with Crippen LogP contribution < -0.4 is 15.2 Å². The molecule has 0 bridgehead atoms. The lowest BCUT2D eigenvalue weighted by atomic mass is 9.97. The Bertz CT molecular complexity index is 564. The summed E-state index contributed by atoms with van der Waals surface area (Å²) in [5.74, 6) is 1.76. The second-order valence-electron chi connectivity index (χ2n) is 5.63. The number of aldehydes is 1. The molecule has 1 aromatic carbocycles. The third-order valence-corrected chi connectivity index (χ3v) is 4.93. The van der Waals surface area contributed by atoms with Crippen LogP contribution >= 0.6 is 15.9 Å². The Morgan fingerprint density at radius 2 is 2.14 bits per heavy atom. The van der Waals surface area contributed by atoms with Crippen molar-refractivity contribution in [3.63, 3.8) is 0 Å². The Morgan fingerprint density at radius 3 is 2.76 bits per heavy atom. The maximum absolute atomic E-state index is 11.3. The van der Waals surface area contributed by atoms with E-state index < -0.39 is 0 Å². The standard InChI is InChI=1S/C15H19BrN2O3/c1-18-7-9(6-17)4-13(18)10-5-12(16)11(8-19)15-14(10)20-2-3-21-15/h5,8-9,13H,2-4,6-7,17H2,1H3. The van der Waals surface area contributed by atoms with Crippen LogP contribution in [0, 0.1) is 5.92 Å². The maximum Gasteiger partial charge on any atom is 0.173 e. The molecule has 0 saturated carbocycles. The van der Waals surface area contributed by atoms with Crippen LogP contribution in [0.1, 0.15) is 28.4 Å². The van der Waals surface area contributed by atoms with Gasteiger partial charge in [-0.1, -0.05) is 0 Å².